The Bertz CT molecular complexity index is 374. The number of hydrogen-bond acceptors (Lipinski definition) is 3. The summed E-state index contributed by atoms with van der Waals surface area (Å²) in [5.41, 5.74) is -3.48. The fourth-order valence-electron chi connectivity index (χ4n) is 0.952. The lowest BCUT2D eigenvalue weighted by atomic mass is 9.96. The second-order valence-corrected chi connectivity index (χ2v) is 3.19. The summed E-state index contributed by atoms with van der Waals surface area (Å²) in [5.74, 6) is 0. The number of nitrogens with zero attached hydrogens (tertiary/aromatic N) is 1. The van der Waals surface area contributed by atoms with Crippen molar-refractivity contribution in [3.8, 4) is 0 Å². The second-order valence-electron chi connectivity index (χ2n) is 3.19. The molecule has 0 radical (unpaired) electrons. The van der Waals surface area contributed by atoms with Gasteiger partial charge < -0.3 is 5.11 Å². The van der Waals surface area contributed by atoms with Gasteiger partial charge in [0.15, 0.2) is 11.9 Å². The molecular weight excluding hydrogens is 211 g/mol. The average molecular weight is 219 g/mol. The Morgan fingerprint density at radius 1 is 1.40 bits per heavy atom. The molecule has 0 aliphatic rings. The van der Waals surface area contributed by atoms with Gasteiger partial charge in [-0.25, -0.2) is 0 Å². The molecule has 1 aromatic rings. The third-order valence-corrected chi connectivity index (χ3v) is 2.01. The summed E-state index contributed by atoms with van der Waals surface area (Å²) >= 11 is 0. The third kappa shape index (κ3) is 2.15. The van der Waals surface area contributed by atoms with E-state index in [9.17, 15) is 23.1 Å². The molecule has 0 fully saturated rings. The van der Waals surface area contributed by atoms with E-state index < -0.39 is 17.3 Å². The highest BCUT2D eigenvalue weighted by Gasteiger charge is 2.51. The standard InChI is InChI=1S/C9H8F3NO2/c1-8(15,9(10,11)12)7-2-6(5-14)3-13-4-7/h2-5,15H,1H3/t8-/m0/s1. The van der Waals surface area contributed by atoms with Gasteiger partial charge in [0.1, 0.15) is 0 Å². The number of aliphatic hydroxyl groups is 1. The average Bonchev–Trinajstić information content (AvgIpc) is 2.16. The maximum Gasteiger partial charge on any atom is 0.421 e. The van der Waals surface area contributed by atoms with Crippen molar-refractivity contribution < 1.29 is 23.1 Å². The maximum absolute atomic E-state index is 12.4. The Morgan fingerprint density at radius 3 is 2.47 bits per heavy atom. The number of carbonyl (C=O) groups is 1. The molecule has 1 heterocycles. The first kappa shape index (κ1) is 11.6. The van der Waals surface area contributed by atoms with Gasteiger partial charge in [-0.1, -0.05) is 0 Å². The van der Waals surface area contributed by atoms with Gasteiger partial charge in [0.05, 0.1) is 0 Å². The maximum atomic E-state index is 12.4. The number of carbonyl (C=O) groups excluding carboxylic acids is 1. The van der Waals surface area contributed by atoms with Crippen LogP contribution in [0.15, 0.2) is 18.5 Å². The highest BCUT2D eigenvalue weighted by Crippen LogP contribution is 2.38. The zero-order valence-electron chi connectivity index (χ0n) is 7.75. The van der Waals surface area contributed by atoms with E-state index in [4.69, 9.17) is 0 Å². The van der Waals surface area contributed by atoms with Gasteiger partial charge in [-0.15, -0.1) is 0 Å². The summed E-state index contributed by atoms with van der Waals surface area (Å²) < 4.78 is 37.2. The Labute approximate surface area is 83.6 Å². The van der Waals surface area contributed by atoms with Gasteiger partial charge in [0, 0.05) is 23.5 Å². The molecule has 82 valence electrons. The van der Waals surface area contributed by atoms with E-state index in [1.807, 2.05) is 0 Å². The van der Waals surface area contributed by atoms with Crippen LogP contribution in [0.3, 0.4) is 0 Å². The molecule has 0 amide bonds. The number of aromatic nitrogens is 1. The van der Waals surface area contributed by atoms with Gasteiger partial charge in [0.25, 0.3) is 0 Å². The van der Waals surface area contributed by atoms with Crippen LogP contribution in [-0.4, -0.2) is 22.6 Å². The summed E-state index contributed by atoms with van der Waals surface area (Å²) in [4.78, 5) is 13.8. The largest absolute Gasteiger partial charge is 0.421 e. The molecule has 0 saturated heterocycles. The fraction of sp³-hybridized carbons (Fsp3) is 0.333. The van der Waals surface area contributed by atoms with Crippen molar-refractivity contribution in [1.29, 1.82) is 0 Å². The molecule has 0 unspecified atom stereocenters. The predicted molar refractivity (Wildman–Crippen MR) is 45.3 cm³/mol. The Hall–Kier alpha value is -1.43. The minimum absolute atomic E-state index is 0.0166. The van der Waals surface area contributed by atoms with E-state index in [0.717, 1.165) is 18.5 Å². The lowest BCUT2D eigenvalue weighted by Gasteiger charge is -2.26. The molecular formula is C9H8F3NO2. The highest BCUT2D eigenvalue weighted by molar-refractivity contribution is 5.74. The molecule has 3 nitrogen and oxygen atoms in total. The first-order valence-corrected chi connectivity index (χ1v) is 3.99. The second kappa shape index (κ2) is 3.62. The van der Waals surface area contributed by atoms with E-state index in [1.54, 1.807) is 0 Å². The smallest absolute Gasteiger partial charge is 0.376 e. The van der Waals surface area contributed by atoms with Crippen LogP contribution in [0.4, 0.5) is 13.2 Å². The topological polar surface area (TPSA) is 50.2 Å². The fourth-order valence-corrected chi connectivity index (χ4v) is 0.952. The van der Waals surface area contributed by atoms with E-state index in [0.29, 0.717) is 13.2 Å². The molecule has 1 rings (SSSR count). The molecule has 0 spiro atoms. The van der Waals surface area contributed by atoms with E-state index in [2.05, 4.69) is 4.98 Å². The Balaban J connectivity index is 3.21. The molecule has 0 bridgehead atoms. The van der Waals surface area contributed by atoms with E-state index in [-0.39, 0.29) is 5.56 Å². The zero-order valence-corrected chi connectivity index (χ0v) is 7.75. The van der Waals surface area contributed by atoms with Gasteiger partial charge in [-0.3, -0.25) is 9.78 Å². The molecule has 1 atom stereocenters. The van der Waals surface area contributed by atoms with Crippen LogP contribution in [0.2, 0.25) is 0 Å². The van der Waals surface area contributed by atoms with Crippen molar-refractivity contribution in [3.05, 3.63) is 29.6 Å². The monoisotopic (exact) mass is 219 g/mol. The first-order valence-electron chi connectivity index (χ1n) is 3.99. The van der Waals surface area contributed by atoms with Crippen LogP contribution < -0.4 is 0 Å². The molecule has 1 N–H and O–H groups in total. The van der Waals surface area contributed by atoms with Crippen molar-refractivity contribution in [2.75, 3.05) is 0 Å². The molecule has 15 heavy (non-hydrogen) atoms. The molecule has 6 heteroatoms. The molecule has 0 saturated carbocycles. The number of halogens is 3. The van der Waals surface area contributed by atoms with Crippen LogP contribution in [-0.2, 0) is 5.60 Å². The van der Waals surface area contributed by atoms with Gasteiger partial charge in [0.2, 0.25) is 0 Å². The van der Waals surface area contributed by atoms with Crippen molar-refractivity contribution in [2.45, 2.75) is 18.7 Å². The Kier molecular flexibility index (Phi) is 2.81. The summed E-state index contributed by atoms with van der Waals surface area (Å²) in [7, 11) is 0. The van der Waals surface area contributed by atoms with Crippen molar-refractivity contribution in [3.63, 3.8) is 0 Å². The number of pyridine rings is 1. The lowest BCUT2D eigenvalue weighted by Crippen LogP contribution is -2.39. The van der Waals surface area contributed by atoms with Crippen LogP contribution in [0.25, 0.3) is 0 Å². The van der Waals surface area contributed by atoms with Crippen LogP contribution in [0.5, 0.6) is 0 Å². The number of aldehydes is 1. The number of rotatable bonds is 2. The third-order valence-electron chi connectivity index (χ3n) is 2.01. The van der Waals surface area contributed by atoms with Crippen molar-refractivity contribution in [2.24, 2.45) is 0 Å². The summed E-state index contributed by atoms with van der Waals surface area (Å²) in [6, 6.07) is 0.952. The Morgan fingerprint density at radius 2 is 2.00 bits per heavy atom. The van der Waals surface area contributed by atoms with Crippen molar-refractivity contribution >= 4 is 6.29 Å². The highest BCUT2D eigenvalue weighted by atomic mass is 19.4. The lowest BCUT2D eigenvalue weighted by molar-refractivity contribution is -0.259. The van der Waals surface area contributed by atoms with Crippen LogP contribution in [0, 0.1) is 0 Å². The van der Waals surface area contributed by atoms with Gasteiger partial charge >= 0.3 is 6.18 Å². The van der Waals surface area contributed by atoms with Gasteiger partial charge in [-0.2, -0.15) is 13.2 Å². The number of alkyl halides is 3. The number of hydrogen-bond donors (Lipinski definition) is 1. The zero-order chi connectivity index (χ0) is 11.7. The quantitative estimate of drug-likeness (QED) is 0.769. The molecule has 0 aliphatic carbocycles. The van der Waals surface area contributed by atoms with Crippen LogP contribution in [0.1, 0.15) is 22.8 Å². The molecule has 0 aliphatic heterocycles. The predicted octanol–water partition coefficient (Wildman–Crippen LogP) is 1.66. The van der Waals surface area contributed by atoms with Crippen LogP contribution >= 0.6 is 0 Å². The first-order chi connectivity index (χ1) is 6.79. The van der Waals surface area contributed by atoms with E-state index >= 15 is 0 Å². The molecule has 1 aromatic heterocycles. The van der Waals surface area contributed by atoms with Crippen molar-refractivity contribution in [1.82, 2.24) is 4.98 Å². The molecule has 0 aromatic carbocycles. The SMILES string of the molecule is C[C@](O)(c1cncc(C=O)c1)C(F)(F)F. The minimum atomic E-state index is -4.81. The summed E-state index contributed by atoms with van der Waals surface area (Å²) in [6.07, 6.45) is -2.46. The van der Waals surface area contributed by atoms with E-state index in [1.165, 1.54) is 0 Å². The normalized spacial score (nSPS) is 15.8. The summed E-state index contributed by atoms with van der Waals surface area (Å²) in [6.45, 7) is 0.610. The summed E-state index contributed by atoms with van der Waals surface area (Å²) in [5, 5.41) is 9.26. The van der Waals surface area contributed by atoms with Gasteiger partial charge in [-0.05, 0) is 13.0 Å². The minimum Gasteiger partial charge on any atom is -0.376 e.